The topological polar surface area (TPSA) is 29.5 Å². The van der Waals surface area contributed by atoms with E-state index < -0.39 is 8.32 Å². The first-order chi connectivity index (χ1) is 10.8. The van der Waals surface area contributed by atoms with Crippen molar-refractivity contribution in [3.05, 3.63) is 35.5 Å². The average Bonchev–Trinajstić information content (AvgIpc) is 2.45. The van der Waals surface area contributed by atoms with Gasteiger partial charge in [-0.2, -0.15) is 0 Å². The number of phenolic OH excluding ortho intramolecular Hbond substituents is 1. The van der Waals surface area contributed by atoms with Crippen LogP contribution in [-0.2, 0) is 4.43 Å². The zero-order chi connectivity index (χ0) is 17.0. The van der Waals surface area contributed by atoms with Crippen LogP contribution >= 0.6 is 0 Å². The molecule has 0 heterocycles. The number of rotatable bonds is 5. The fourth-order valence-corrected chi connectivity index (χ4v) is 5.31. The summed E-state index contributed by atoms with van der Waals surface area (Å²) in [5.74, 6) is 2.46. The predicted octanol–water partition coefficient (Wildman–Crippen LogP) is 5.63. The lowest BCUT2D eigenvalue weighted by Gasteiger charge is -2.40. The SMILES string of the molecule is CC(C)[C@@H]1CC[C@@H](C)C[C@H]1O[Si](C)(C)/C=C/c1ccccc1O. The van der Waals surface area contributed by atoms with Crippen LogP contribution in [0.5, 0.6) is 5.75 Å². The van der Waals surface area contributed by atoms with Crippen molar-refractivity contribution >= 4 is 14.4 Å². The van der Waals surface area contributed by atoms with E-state index in [0.29, 0.717) is 23.7 Å². The zero-order valence-corrected chi connectivity index (χ0v) is 16.3. The van der Waals surface area contributed by atoms with Gasteiger partial charge in [0.15, 0.2) is 0 Å². The molecule has 1 N–H and O–H groups in total. The van der Waals surface area contributed by atoms with Gasteiger partial charge >= 0.3 is 0 Å². The van der Waals surface area contributed by atoms with Gasteiger partial charge < -0.3 is 9.53 Å². The Hall–Kier alpha value is -1.06. The molecule has 0 spiro atoms. The third-order valence-corrected chi connectivity index (χ3v) is 6.90. The van der Waals surface area contributed by atoms with Crippen LogP contribution in [0.25, 0.3) is 6.08 Å². The maximum Gasteiger partial charge on any atom is 0.211 e. The van der Waals surface area contributed by atoms with Crippen LogP contribution in [0, 0.1) is 17.8 Å². The molecule has 2 rings (SSSR count). The molecule has 1 aromatic carbocycles. The van der Waals surface area contributed by atoms with Crippen LogP contribution in [-0.4, -0.2) is 19.5 Å². The highest BCUT2D eigenvalue weighted by molar-refractivity contribution is 6.76. The van der Waals surface area contributed by atoms with Gasteiger partial charge in [-0.05, 0) is 49.8 Å². The highest BCUT2D eigenvalue weighted by atomic mass is 28.4. The number of aromatic hydroxyl groups is 1. The summed E-state index contributed by atoms with van der Waals surface area (Å²) < 4.78 is 6.66. The Morgan fingerprint density at radius 3 is 2.57 bits per heavy atom. The van der Waals surface area contributed by atoms with Gasteiger partial charge in [-0.3, -0.25) is 0 Å². The van der Waals surface area contributed by atoms with Gasteiger partial charge in [0.25, 0.3) is 0 Å². The molecule has 2 nitrogen and oxygen atoms in total. The summed E-state index contributed by atoms with van der Waals surface area (Å²) in [4.78, 5) is 0. The van der Waals surface area contributed by atoms with E-state index in [-0.39, 0.29) is 0 Å². The van der Waals surface area contributed by atoms with E-state index in [2.05, 4.69) is 39.6 Å². The van der Waals surface area contributed by atoms with E-state index in [1.165, 1.54) is 19.3 Å². The summed E-state index contributed by atoms with van der Waals surface area (Å²) in [5, 5.41) is 9.90. The van der Waals surface area contributed by atoms with Gasteiger partial charge in [-0.25, -0.2) is 0 Å². The first kappa shape index (κ1) is 18.3. The zero-order valence-electron chi connectivity index (χ0n) is 15.3. The second-order valence-corrected chi connectivity index (χ2v) is 11.8. The quantitative estimate of drug-likeness (QED) is 0.708. The predicted molar refractivity (Wildman–Crippen MR) is 101 cm³/mol. The minimum absolute atomic E-state index is 0.333. The molecular weight excluding hydrogens is 300 g/mol. The maximum absolute atomic E-state index is 9.90. The Balaban J connectivity index is 2.08. The first-order valence-electron chi connectivity index (χ1n) is 8.93. The maximum atomic E-state index is 9.90. The summed E-state index contributed by atoms with van der Waals surface area (Å²) in [7, 11) is -1.91. The number of hydrogen-bond acceptors (Lipinski definition) is 2. The number of hydrogen-bond donors (Lipinski definition) is 1. The molecule has 3 heteroatoms. The molecule has 1 aromatic rings. The lowest BCUT2D eigenvalue weighted by molar-refractivity contribution is 0.0415. The van der Waals surface area contributed by atoms with E-state index >= 15 is 0 Å². The van der Waals surface area contributed by atoms with Crippen molar-refractivity contribution in [3.8, 4) is 5.75 Å². The summed E-state index contributed by atoms with van der Waals surface area (Å²) >= 11 is 0. The molecule has 0 saturated heterocycles. The monoisotopic (exact) mass is 332 g/mol. The number of para-hydroxylation sites is 1. The minimum atomic E-state index is -1.91. The standard InChI is InChI=1S/C20H32O2Si/c1-15(2)18-11-10-16(3)14-20(18)22-23(4,5)13-12-17-8-6-7-9-19(17)21/h6-9,12-13,15-16,18,20-21H,10-11,14H2,1-5H3/b13-12+/t16-,18+,20-/m1/s1. The van der Waals surface area contributed by atoms with E-state index in [0.717, 1.165) is 11.5 Å². The summed E-state index contributed by atoms with van der Waals surface area (Å²) in [6.07, 6.45) is 6.21. The molecule has 23 heavy (non-hydrogen) atoms. The summed E-state index contributed by atoms with van der Waals surface area (Å²) in [5.41, 5.74) is 3.08. The molecule has 0 aliphatic heterocycles. The Labute approximate surface area is 142 Å². The highest BCUT2D eigenvalue weighted by Crippen LogP contribution is 2.37. The second kappa shape index (κ2) is 7.67. The van der Waals surface area contributed by atoms with Gasteiger partial charge in [0.2, 0.25) is 8.32 Å². The fourth-order valence-electron chi connectivity index (χ4n) is 3.60. The van der Waals surface area contributed by atoms with E-state index in [9.17, 15) is 5.11 Å². The molecular formula is C20H32O2Si. The first-order valence-corrected chi connectivity index (χ1v) is 11.9. The van der Waals surface area contributed by atoms with Gasteiger partial charge in [0.05, 0.1) is 0 Å². The molecule has 0 amide bonds. The summed E-state index contributed by atoms with van der Waals surface area (Å²) in [6, 6.07) is 7.47. The normalized spacial score (nSPS) is 26.1. The fraction of sp³-hybridized carbons (Fsp3) is 0.600. The molecule has 1 aliphatic carbocycles. The Morgan fingerprint density at radius 1 is 1.22 bits per heavy atom. The van der Waals surface area contributed by atoms with Crippen LogP contribution in [0.2, 0.25) is 13.1 Å². The van der Waals surface area contributed by atoms with Gasteiger partial charge in [-0.15, -0.1) is 0 Å². The van der Waals surface area contributed by atoms with E-state index in [1.807, 2.05) is 24.3 Å². The highest BCUT2D eigenvalue weighted by Gasteiger charge is 2.35. The molecule has 1 fully saturated rings. The lowest BCUT2D eigenvalue weighted by Crippen LogP contribution is -2.42. The smallest absolute Gasteiger partial charge is 0.211 e. The van der Waals surface area contributed by atoms with Crippen molar-refractivity contribution in [3.63, 3.8) is 0 Å². The Bertz CT molecular complexity index is 536. The molecule has 3 atom stereocenters. The van der Waals surface area contributed by atoms with Crippen molar-refractivity contribution in [1.82, 2.24) is 0 Å². The van der Waals surface area contributed by atoms with Crippen molar-refractivity contribution in [1.29, 1.82) is 0 Å². The molecule has 128 valence electrons. The van der Waals surface area contributed by atoms with E-state index in [4.69, 9.17) is 4.43 Å². The van der Waals surface area contributed by atoms with Crippen LogP contribution in [0.1, 0.15) is 45.6 Å². The minimum Gasteiger partial charge on any atom is -0.507 e. The van der Waals surface area contributed by atoms with Crippen molar-refractivity contribution in [2.75, 3.05) is 0 Å². The van der Waals surface area contributed by atoms with Crippen LogP contribution < -0.4 is 0 Å². The van der Waals surface area contributed by atoms with Crippen LogP contribution in [0.3, 0.4) is 0 Å². The van der Waals surface area contributed by atoms with Gasteiger partial charge in [0.1, 0.15) is 5.75 Å². The third-order valence-electron chi connectivity index (χ3n) is 5.02. The largest absolute Gasteiger partial charge is 0.507 e. The van der Waals surface area contributed by atoms with E-state index in [1.54, 1.807) is 6.07 Å². The van der Waals surface area contributed by atoms with Crippen LogP contribution in [0.15, 0.2) is 30.0 Å². The summed E-state index contributed by atoms with van der Waals surface area (Å²) in [6.45, 7) is 11.5. The van der Waals surface area contributed by atoms with Crippen LogP contribution in [0.4, 0.5) is 0 Å². The molecule has 1 aliphatic rings. The molecule has 0 radical (unpaired) electrons. The average molecular weight is 333 g/mol. The van der Waals surface area contributed by atoms with Crippen molar-refractivity contribution < 1.29 is 9.53 Å². The molecule has 1 saturated carbocycles. The molecule has 0 bridgehead atoms. The number of benzene rings is 1. The Kier molecular flexibility index (Phi) is 6.10. The number of phenols is 1. The second-order valence-electron chi connectivity index (χ2n) is 7.98. The van der Waals surface area contributed by atoms with Crippen molar-refractivity contribution in [2.24, 2.45) is 17.8 Å². The molecule has 0 unspecified atom stereocenters. The van der Waals surface area contributed by atoms with Gasteiger partial charge in [0, 0.05) is 11.7 Å². The third kappa shape index (κ3) is 5.22. The van der Waals surface area contributed by atoms with Gasteiger partial charge in [-0.1, -0.05) is 57.2 Å². The Morgan fingerprint density at radius 2 is 1.91 bits per heavy atom. The van der Waals surface area contributed by atoms with Crippen molar-refractivity contribution in [2.45, 2.75) is 59.2 Å². The molecule has 0 aromatic heterocycles. The lowest BCUT2D eigenvalue weighted by atomic mass is 9.75.